The number of likely N-dealkylation sites (N-methyl/N-ethyl adjacent to an activating group) is 1. The molecule has 3 heteroatoms. The molecule has 3 nitrogen and oxygen atoms in total. The summed E-state index contributed by atoms with van der Waals surface area (Å²) in [6.45, 7) is 4.83. The summed E-state index contributed by atoms with van der Waals surface area (Å²) in [5.74, 6) is 0.580. The molecule has 2 fully saturated rings. The Labute approximate surface area is 111 Å². The van der Waals surface area contributed by atoms with Crippen molar-refractivity contribution >= 4 is 5.78 Å². The number of rotatable bonds is 3. The van der Waals surface area contributed by atoms with Gasteiger partial charge in [-0.2, -0.15) is 0 Å². The molecule has 0 bridgehead atoms. The Bertz CT molecular complexity index is 316. The van der Waals surface area contributed by atoms with Crippen LogP contribution in [-0.4, -0.2) is 42.5 Å². The molecule has 104 valence electrons. The van der Waals surface area contributed by atoms with Gasteiger partial charge in [-0.3, -0.25) is 9.69 Å². The zero-order chi connectivity index (χ0) is 13.4. The van der Waals surface area contributed by atoms with E-state index in [0.717, 1.165) is 32.3 Å². The molecule has 1 aliphatic carbocycles. The fraction of sp³-hybridized carbons (Fsp3) is 0.933. The average Bonchev–Trinajstić information content (AvgIpc) is 2.76. The van der Waals surface area contributed by atoms with Gasteiger partial charge in [-0.25, -0.2) is 0 Å². The Morgan fingerprint density at radius 1 is 1.28 bits per heavy atom. The molecule has 0 aromatic carbocycles. The molecule has 0 N–H and O–H groups in total. The largest absolute Gasteiger partial charge is 0.375 e. The van der Waals surface area contributed by atoms with Crippen LogP contribution in [0.2, 0.25) is 0 Å². The third kappa shape index (κ3) is 2.48. The van der Waals surface area contributed by atoms with Crippen LogP contribution in [0.1, 0.15) is 52.4 Å². The molecule has 1 saturated carbocycles. The summed E-state index contributed by atoms with van der Waals surface area (Å²) >= 11 is 0. The van der Waals surface area contributed by atoms with E-state index in [1.165, 1.54) is 12.8 Å². The number of nitrogens with zero attached hydrogens (tertiary/aromatic N) is 1. The van der Waals surface area contributed by atoms with Gasteiger partial charge in [0.1, 0.15) is 0 Å². The monoisotopic (exact) mass is 253 g/mol. The first kappa shape index (κ1) is 14.0. The van der Waals surface area contributed by atoms with Crippen molar-refractivity contribution in [2.24, 2.45) is 5.92 Å². The van der Waals surface area contributed by atoms with Gasteiger partial charge in [0.25, 0.3) is 0 Å². The van der Waals surface area contributed by atoms with Crippen LogP contribution in [0.5, 0.6) is 0 Å². The summed E-state index contributed by atoms with van der Waals surface area (Å²) in [5, 5.41) is 0. The SMILES string of the molecule is CN(C)C(C)(C)C(=O)C1CCOC2(CCCC2)C1. The van der Waals surface area contributed by atoms with Crippen molar-refractivity contribution in [3.05, 3.63) is 0 Å². The van der Waals surface area contributed by atoms with Gasteiger partial charge in [0.05, 0.1) is 11.1 Å². The molecule has 1 unspecified atom stereocenters. The summed E-state index contributed by atoms with van der Waals surface area (Å²) in [6.07, 6.45) is 6.68. The van der Waals surface area contributed by atoms with E-state index >= 15 is 0 Å². The summed E-state index contributed by atoms with van der Waals surface area (Å²) in [6, 6.07) is 0. The van der Waals surface area contributed by atoms with Gasteiger partial charge < -0.3 is 4.74 Å². The first-order valence-corrected chi connectivity index (χ1v) is 7.23. The minimum Gasteiger partial charge on any atom is -0.375 e. The van der Waals surface area contributed by atoms with Crippen LogP contribution in [0.25, 0.3) is 0 Å². The third-order valence-electron chi connectivity index (χ3n) is 5.10. The minimum absolute atomic E-state index is 0.0426. The van der Waals surface area contributed by atoms with Gasteiger partial charge >= 0.3 is 0 Å². The second kappa shape index (κ2) is 4.93. The molecule has 0 aromatic rings. The van der Waals surface area contributed by atoms with Crippen LogP contribution in [0.15, 0.2) is 0 Å². The Morgan fingerprint density at radius 2 is 1.89 bits per heavy atom. The zero-order valence-electron chi connectivity index (χ0n) is 12.3. The second-order valence-corrected chi connectivity index (χ2v) is 6.75. The van der Waals surface area contributed by atoms with Crippen LogP contribution < -0.4 is 0 Å². The van der Waals surface area contributed by atoms with Crippen LogP contribution in [0.4, 0.5) is 0 Å². The smallest absolute Gasteiger partial charge is 0.155 e. The lowest BCUT2D eigenvalue weighted by atomic mass is 9.77. The maximum atomic E-state index is 12.7. The molecule has 2 rings (SSSR count). The predicted octanol–water partition coefficient (Wildman–Crippen LogP) is 2.64. The van der Waals surface area contributed by atoms with Gasteiger partial charge in [-0.05, 0) is 53.6 Å². The summed E-state index contributed by atoms with van der Waals surface area (Å²) in [4.78, 5) is 14.7. The lowest BCUT2D eigenvalue weighted by Crippen LogP contribution is -2.51. The van der Waals surface area contributed by atoms with Crippen LogP contribution in [0.3, 0.4) is 0 Å². The topological polar surface area (TPSA) is 29.5 Å². The van der Waals surface area contributed by atoms with Gasteiger partial charge in [0, 0.05) is 12.5 Å². The van der Waals surface area contributed by atoms with Gasteiger partial charge in [0.2, 0.25) is 0 Å². The molecule has 1 saturated heterocycles. The number of hydrogen-bond donors (Lipinski definition) is 0. The van der Waals surface area contributed by atoms with E-state index in [1.54, 1.807) is 0 Å². The van der Waals surface area contributed by atoms with E-state index in [2.05, 4.69) is 0 Å². The highest BCUT2D eigenvalue weighted by molar-refractivity contribution is 5.89. The zero-order valence-corrected chi connectivity index (χ0v) is 12.3. The molecular formula is C15H27NO2. The van der Waals surface area contributed by atoms with E-state index in [9.17, 15) is 4.79 Å². The number of carbonyl (C=O) groups excluding carboxylic acids is 1. The molecule has 1 atom stereocenters. The summed E-state index contributed by atoms with van der Waals surface area (Å²) in [5.41, 5.74) is -0.317. The normalized spacial score (nSPS) is 27.9. The Balaban J connectivity index is 2.07. The lowest BCUT2D eigenvalue weighted by Gasteiger charge is -2.41. The fourth-order valence-corrected chi connectivity index (χ4v) is 3.34. The molecule has 1 spiro atoms. The van der Waals surface area contributed by atoms with Crippen LogP contribution in [-0.2, 0) is 9.53 Å². The first-order valence-electron chi connectivity index (χ1n) is 7.23. The Kier molecular flexibility index (Phi) is 3.84. The Morgan fingerprint density at radius 3 is 2.44 bits per heavy atom. The maximum Gasteiger partial charge on any atom is 0.155 e. The first-order chi connectivity index (χ1) is 8.37. The average molecular weight is 253 g/mol. The van der Waals surface area contributed by atoms with E-state index in [1.807, 2.05) is 32.8 Å². The molecule has 1 aliphatic heterocycles. The number of carbonyl (C=O) groups is 1. The number of hydrogen-bond acceptors (Lipinski definition) is 3. The Hall–Kier alpha value is -0.410. The maximum absolute atomic E-state index is 12.7. The molecular weight excluding hydrogens is 226 g/mol. The summed E-state index contributed by atoms with van der Waals surface area (Å²) in [7, 11) is 3.98. The molecule has 2 aliphatic rings. The summed E-state index contributed by atoms with van der Waals surface area (Å²) < 4.78 is 6.01. The number of ether oxygens (including phenoxy) is 1. The van der Waals surface area contributed by atoms with E-state index < -0.39 is 0 Å². The van der Waals surface area contributed by atoms with Crippen molar-refractivity contribution in [1.29, 1.82) is 0 Å². The molecule has 0 radical (unpaired) electrons. The number of Topliss-reactive ketones (excluding diaryl/α,β-unsaturated/α-hetero) is 1. The van der Waals surface area contributed by atoms with Crippen molar-refractivity contribution in [3.63, 3.8) is 0 Å². The van der Waals surface area contributed by atoms with Crippen molar-refractivity contribution in [2.45, 2.75) is 63.5 Å². The molecule has 0 aromatic heterocycles. The predicted molar refractivity (Wildman–Crippen MR) is 72.6 cm³/mol. The van der Waals surface area contributed by atoms with Gasteiger partial charge in [-0.1, -0.05) is 12.8 Å². The highest BCUT2D eigenvalue weighted by Crippen LogP contribution is 2.43. The molecule has 0 amide bonds. The van der Waals surface area contributed by atoms with E-state index in [-0.39, 0.29) is 17.1 Å². The van der Waals surface area contributed by atoms with Crippen molar-refractivity contribution in [2.75, 3.05) is 20.7 Å². The van der Waals surface area contributed by atoms with Crippen LogP contribution in [0, 0.1) is 5.92 Å². The standard InChI is InChI=1S/C15H27NO2/c1-14(2,16(3)4)13(17)12-7-10-18-15(11-12)8-5-6-9-15/h12H,5-11H2,1-4H3. The second-order valence-electron chi connectivity index (χ2n) is 6.75. The van der Waals surface area contributed by atoms with Crippen LogP contribution >= 0.6 is 0 Å². The molecule has 18 heavy (non-hydrogen) atoms. The lowest BCUT2D eigenvalue weighted by molar-refractivity contribution is -0.144. The van der Waals surface area contributed by atoms with Gasteiger partial charge in [0.15, 0.2) is 5.78 Å². The van der Waals surface area contributed by atoms with E-state index in [4.69, 9.17) is 4.74 Å². The number of ketones is 1. The van der Waals surface area contributed by atoms with Gasteiger partial charge in [-0.15, -0.1) is 0 Å². The minimum atomic E-state index is -0.359. The van der Waals surface area contributed by atoms with Crippen molar-refractivity contribution in [3.8, 4) is 0 Å². The highest BCUT2D eigenvalue weighted by atomic mass is 16.5. The van der Waals surface area contributed by atoms with Crippen molar-refractivity contribution in [1.82, 2.24) is 4.90 Å². The van der Waals surface area contributed by atoms with Crippen molar-refractivity contribution < 1.29 is 9.53 Å². The highest BCUT2D eigenvalue weighted by Gasteiger charge is 2.45. The van der Waals surface area contributed by atoms with E-state index in [0.29, 0.717) is 5.78 Å². The quantitative estimate of drug-likeness (QED) is 0.774. The molecule has 1 heterocycles. The fourth-order valence-electron chi connectivity index (χ4n) is 3.34. The third-order valence-corrected chi connectivity index (χ3v) is 5.10.